The van der Waals surface area contributed by atoms with Crippen molar-refractivity contribution in [3.8, 4) is 11.1 Å². The smallest absolute Gasteiger partial charge is 0.221 e. The minimum Gasteiger partial charge on any atom is -0.346 e. The number of hydrogen-bond donors (Lipinski definition) is 2. The standard InChI is InChI=1S/C19H19N3O/c1-11-10-13-4-3-5-14(13)18(22-12(2)23)17(11)15-6-8-20-19-16(15)7-9-21-19/h6-10H,3-5H2,1-2H3,(H,20,21)(H,22,23). The third-order valence-electron chi connectivity index (χ3n) is 4.63. The Kier molecular flexibility index (Phi) is 3.18. The molecule has 116 valence electrons. The van der Waals surface area contributed by atoms with Crippen molar-refractivity contribution in [1.82, 2.24) is 9.97 Å². The number of fused-ring (bicyclic) bond motifs is 2. The maximum absolute atomic E-state index is 11.8. The van der Waals surface area contributed by atoms with E-state index in [1.807, 2.05) is 24.5 Å². The number of anilines is 1. The molecule has 1 aromatic carbocycles. The summed E-state index contributed by atoms with van der Waals surface area (Å²) in [4.78, 5) is 19.3. The predicted octanol–water partition coefficient (Wildman–Crippen LogP) is 3.99. The monoisotopic (exact) mass is 305 g/mol. The van der Waals surface area contributed by atoms with E-state index in [4.69, 9.17) is 0 Å². The molecule has 0 aliphatic heterocycles. The van der Waals surface area contributed by atoms with Crippen LogP contribution in [0.4, 0.5) is 5.69 Å². The maximum Gasteiger partial charge on any atom is 0.221 e. The van der Waals surface area contributed by atoms with Gasteiger partial charge < -0.3 is 10.3 Å². The number of H-pyrrole nitrogens is 1. The number of benzene rings is 1. The van der Waals surface area contributed by atoms with E-state index in [1.54, 1.807) is 6.92 Å². The van der Waals surface area contributed by atoms with Gasteiger partial charge in [-0.1, -0.05) is 6.07 Å². The summed E-state index contributed by atoms with van der Waals surface area (Å²) in [6.07, 6.45) is 7.00. The first-order valence-electron chi connectivity index (χ1n) is 8.00. The van der Waals surface area contributed by atoms with Crippen LogP contribution in [-0.4, -0.2) is 15.9 Å². The van der Waals surface area contributed by atoms with Gasteiger partial charge in [0.05, 0.1) is 5.69 Å². The lowest BCUT2D eigenvalue weighted by atomic mass is 9.92. The van der Waals surface area contributed by atoms with Gasteiger partial charge in [-0.2, -0.15) is 0 Å². The van der Waals surface area contributed by atoms with Crippen molar-refractivity contribution in [2.24, 2.45) is 0 Å². The molecular weight excluding hydrogens is 286 g/mol. The molecule has 0 bridgehead atoms. The molecule has 1 amide bonds. The molecule has 0 saturated carbocycles. The SMILES string of the molecule is CC(=O)Nc1c2c(cc(C)c1-c1ccnc3[nH]ccc13)CCC2. The average Bonchev–Trinajstić information content (AvgIpc) is 3.14. The molecule has 23 heavy (non-hydrogen) atoms. The molecule has 1 aliphatic carbocycles. The van der Waals surface area contributed by atoms with Crippen molar-refractivity contribution >= 4 is 22.6 Å². The highest BCUT2D eigenvalue weighted by atomic mass is 16.1. The van der Waals surface area contributed by atoms with Gasteiger partial charge >= 0.3 is 0 Å². The van der Waals surface area contributed by atoms with Crippen LogP contribution in [0.5, 0.6) is 0 Å². The largest absolute Gasteiger partial charge is 0.346 e. The Bertz CT molecular complexity index is 924. The van der Waals surface area contributed by atoms with Gasteiger partial charge in [0.2, 0.25) is 5.91 Å². The lowest BCUT2D eigenvalue weighted by molar-refractivity contribution is -0.114. The van der Waals surface area contributed by atoms with Crippen molar-refractivity contribution in [3.05, 3.63) is 47.3 Å². The zero-order valence-electron chi connectivity index (χ0n) is 13.4. The number of aromatic amines is 1. The van der Waals surface area contributed by atoms with Crippen molar-refractivity contribution in [1.29, 1.82) is 0 Å². The molecule has 1 aliphatic rings. The van der Waals surface area contributed by atoms with Gasteiger partial charge in [0, 0.05) is 30.3 Å². The van der Waals surface area contributed by atoms with Crippen molar-refractivity contribution in [3.63, 3.8) is 0 Å². The molecule has 0 atom stereocenters. The molecule has 4 heteroatoms. The van der Waals surface area contributed by atoms with Crippen LogP contribution in [0, 0.1) is 6.92 Å². The average molecular weight is 305 g/mol. The molecule has 4 rings (SSSR count). The minimum atomic E-state index is -0.0229. The summed E-state index contributed by atoms with van der Waals surface area (Å²) >= 11 is 0. The van der Waals surface area contributed by atoms with Crippen LogP contribution in [0.3, 0.4) is 0 Å². The molecule has 2 aromatic heterocycles. The van der Waals surface area contributed by atoms with E-state index < -0.39 is 0 Å². The zero-order valence-corrected chi connectivity index (χ0v) is 13.4. The summed E-state index contributed by atoms with van der Waals surface area (Å²) in [5, 5.41) is 4.18. The van der Waals surface area contributed by atoms with Crippen LogP contribution in [0.15, 0.2) is 30.6 Å². The maximum atomic E-state index is 11.8. The fourth-order valence-corrected chi connectivity index (χ4v) is 3.73. The Labute approximate surface area is 134 Å². The third kappa shape index (κ3) is 2.22. The molecular formula is C19H19N3O. The van der Waals surface area contributed by atoms with E-state index in [-0.39, 0.29) is 5.91 Å². The van der Waals surface area contributed by atoms with Crippen molar-refractivity contribution in [2.45, 2.75) is 33.1 Å². The van der Waals surface area contributed by atoms with Crippen LogP contribution in [0.1, 0.15) is 30.0 Å². The summed E-state index contributed by atoms with van der Waals surface area (Å²) in [6.45, 7) is 3.70. The van der Waals surface area contributed by atoms with Crippen LogP contribution in [-0.2, 0) is 17.6 Å². The molecule has 0 fully saturated rings. The van der Waals surface area contributed by atoms with Gasteiger partial charge in [0.15, 0.2) is 0 Å². The van der Waals surface area contributed by atoms with E-state index in [9.17, 15) is 4.79 Å². The summed E-state index contributed by atoms with van der Waals surface area (Å²) < 4.78 is 0. The number of rotatable bonds is 2. The Hall–Kier alpha value is -2.62. The van der Waals surface area contributed by atoms with E-state index in [1.165, 1.54) is 16.7 Å². The Morgan fingerprint density at radius 1 is 1.30 bits per heavy atom. The number of aromatic nitrogens is 2. The normalized spacial score (nSPS) is 13.3. The fraction of sp³-hybridized carbons (Fsp3) is 0.263. The van der Waals surface area contributed by atoms with Gasteiger partial charge in [-0.05, 0) is 60.6 Å². The van der Waals surface area contributed by atoms with Crippen LogP contribution < -0.4 is 5.32 Å². The van der Waals surface area contributed by atoms with Crippen molar-refractivity contribution < 1.29 is 4.79 Å². The molecule has 2 heterocycles. The van der Waals surface area contributed by atoms with E-state index in [0.29, 0.717) is 0 Å². The quantitative estimate of drug-likeness (QED) is 0.752. The number of aryl methyl sites for hydroxylation is 2. The highest BCUT2D eigenvalue weighted by Crippen LogP contribution is 2.42. The second-order valence-corrected chi connectivity index (χ2v) is 6.21. The summed E-state index contributed by atoms with van der Waals surface area (Å²) in [5.41, 5.74) is 7.95. The fourth-order valence-electron chi connectivity index (χ4n) is 3.73. The minimum absolute atomic E-state index is 0.0229. The van der Waals surface area contributed by atoms with Crippen molar-refractivity contribution in [2.75, 3.05) is 5.32 Å². The number of nitrogens with one attached hydrogen (secondary N) is 2. The van der Waals surface area contributed by atoms with Gasteiger partial charge in [0.25, 0.3) is 0 Å². The zero-order chi connectivity index (χ0) is 16.0. The summed E-state index contributed by atoms with van der Waals surface area (Å²) in [6, 6.07) is 6.36. The number of carbonyl (C=O) groups is 1. The summed E-state index contributed by atoms with van der Waals surface area (Å²) in [7, 11) is 0. The first-order valence-corrected chi connectivity index (χ1v) is 8.00. The topological polar surface area (TPSA) is 57.8 Å². The highest BCUT2D eigenvalue weighted by Gasteiger charge is 2.22. The molecule has 0 spiro atoms. The van der Waals surface area contributed by atoms with E-state index >= 15 is 0 Å². The Balaban J connectivity index is 2.05. The molecule has 2 N–H and O–H groups in total. The Morgan fingerprint density at radius 2 is 2.17 bits per heavy atom. The highest BCUT2D eigenvalue weighted by molar-refractivity contribution is 6.03. The number of carbonyl (C=O) groups excluding carboxylic acids is 1. The van der Waals surface area contributed by atoms with Gasteiger partial charge in [-0.25, -0.2) is 4.98 Å². The predicted molar refractivity (Wildman–Crippen MR) is 92.6 cm³/mol. The molecule has 0 radical (unpaired) electrons. The lowest BCUT2D eigenvalue weighted by Crippen LogP contribution is -2.10. The van der Waals surface area contributed by atoms with Gasteiger partial charge in [-0.3, -0.25) is 4.79 Å². The van der Waals surface area contributed by atoms with Gasteiger partial charge in [-0.15, -0.1) is 0 Å². The summed E-state index contributed by atoms with van der Waals surface area (Å²) in [5.74, 6) is -0.0229. The number of hydrogen-bond acceptors (Lipinski definition) is 2. The van der Waals surface area contributed by atoms with Gasteiger partial charge in [0.1, 0.15) is 5.65 Å². The molecule has 3 aromatic rings. The van der Waals surface area contributed by atoms with Crippen LogP contribution >= 0.6 is 0 Å². The number of nitrogens with zero attached hydrogens (tertiary/aromatic N) is 1. The number of amides is 1. The van der Waals surface area contributed by atoms with Crippen LogP contribution in [0.25, 0.3) is 22.2 Å². The first-order chi connectivity index (χ1) is 11.1. The van der Waals surface area contributed by atoms with E-state index in [0.717, 1.165) is 47.1 Å². The second-order valence-electron chi connectivity index (χ2n) is 6.21. The lowest BCUT2D eigenvalue weighted by Gasteiger charge is -2.19. The third-order valence-corrected chi connectivity index (χ3v) is 4.63. The Morgan fingerprint density at radius 3 is 3.00 bits per heavy atom. The van der Waals surface area contributed by atoms with Crippen LogP contribution in [0.2, 0.25) is 0 Å². The molecule has 0 unspecified atom stereocenters. The molecule has 0 saturated heterocycles. The van der Waals surface area contributed by atoms with E-state index in [2.05, 4.69) is 28.3 Å². The number of pyridine rings is 1. The molecule has 4 nitrogen and oxygen atoms in total. The second kappa shape index (κ2) is 5.23. The first kappa shape index (κ1) is 14.0.